The fourth-order valence-corrected chi connectivity index (χ4v) is 2.77. The van der Waals surface area contributed by atoms with Gasteiger partial charge in [-0.3, -0.25) is 14.5 Å². The van der Waals surface area contributed by atoms with Gasteiger partial charge in [0.1, 0.15) is 18.0 Å². The van der Waals surface area contributed by atoms with Crippen LogP contribution >= 0.6 is 0 Å². The summed E-state index contributed by atoms with van der Waals surface area (Å²) in [6.45, 7) is 4.01. The highest BCUT2D eigenvalue weighted by Crippen LogP contribution is 2.23. The number of imide groups is 2. The molecule has 2 rings (SSSR count). The molecule has 4 amide bonds. The van der Waals surface area contributed by atoms with Gasteiger partial charge < -0.3 is 14.4 Å². The Hall–Kier alpha value is -2.61. The second-order valence-electron chi connectivity index (χ2n) is 6.25. The molecule has 1 aliphatic rings. The Morgan fingerprint density at radius 1 is 1.08 bits per heavy atom. The van der Waals surface area contributed by atoms with Crippen molar-refractivity contribution in [1.82, 2.24) is 9.80 Å². The number of hydrogen-bond donors (Lipinski definition) is 1. The van der Waals surface area contributed by atoms with Crippen LogP contribution in [0.25, 0.3) is 0 Å². The second-order valence-corrected chi connectivity index (χ2v) is 6.25. The van der Waals surface area contributed by atoms with Crippen LogP contribution < -0.4 is 14.4 Å². The number of rotatable bonds is 7. The van der Waals surface area contributed by atoms with Crippen LogP contribution in [0.1, 0.15) is 19.4 Å². The van der Waals surface area contributed by atoms with Crippen molar-refractivity contribution in [3.05, 3.63) is 23.8 Å². The van der Waals surface area contributed by atoms with Gasteiger partial charge >= 0.3 is 17.8 Å². The fraction of sp³-hybridized carbons (Fsp3) is 0.471. The van der Waals surface area contributed by atoms with Gasteiger partial charge in [0.15, 0.2) is 6.67 Å². The van der Waals surface area contributed by atoms with Crippen LogP contribution in [0, 0.1) is 0 Å². The summed E-state index contributed by atoms with van der Waals surface area (Å²) in [5.41, 5.74) is 0.909. The Balaban J connectivity index is 2.10. The number of carbonyl (C=O) groups excluding carboxylic acids is 3. The molecular weight excluding hydrogens is 326 g/mol. The molecule has 1 aliphatic heterocycles. The molecule has 0 saturated carbocycles. The standard InChI is InChI=1S/C17H23N3O5/c1-11(2)20-16(22)15(21)19(17(20)23)10-18(3)9-12-6-7-13(24-4)8-14(12)25-5/h6-8,11H,9-10H2,1-5H3/p+1. The number of benzene rings is 1. The molecule has 0 radical (unpaired) electrons. The summed E-state index contributed by atoms with van der Waals surface area (Å²) in [4.78, 5) is 39.2. The lowest BCUT2D eigenvalue weighted by Crippen LogP contribution is -3.09. The van der Waals surface area contributed by atoms with Gasteiger partial charge in [-0.2, -0.15) is 0 Å². The van der Waals surface area contributed by atoms with E-state index in [1.54, 1.807) is 34.1 Å². The molecule has 1 N–H and O–H groups in total. The topological polar surface area (TPSA) is 80.6 Å². The number of nitrogens with one attached hydrogen (secondary N) is 1. The van der Waals surface area contributed by atoms with Crippen molar-refractivity contribution in [1.29, 1.82) is 0 Å². The first kappa shape index (κ1) is 18.7. The van der Waals surface area contributed by atoms with Gasteiger partial charge in [-0.1, -0.05) is 0 Å². The van der Waals surface area contributed by atoms with Crippen LogP contribution in [0.3, 0.4) is 0 Å². The quantitative estimate of drug-likeness (QED) is 0.548. The lowest BCUT2D eigenvalue weighted by atomic mass is 10.2. The maximum atomic E-state index is 12.3. The molecule has 0 bridgehead atoms. The maximum absolute atomic E-state index is 12.3. The molecule has 0 spiro atoms. The number of hydrogen-bond acceptors (Lipinski definition) is 5. The van der Waals surface area contributed by atoms with Crippen LogP contribution in [0.4, 0.5) is 4.79 Å². The molecule has 1 unspecified atom stereocenters. The van der Waals surface area contributed by atoms with E-state index >= 15 is 0 Å². The van der Waals surface area contributed by atoms with Crippen molar-refractivity contribution in [3.8, 4) is 11.5 Å². The Morgan fingerprint density at radius 3 is 2.28 bits per heavy atom. The molecule has 136 valence electrons. The summed E-state index contributed by atoms with van der Waals surface area (Å²) in [6, 6.07) is 4.56. The van der Waals surface area contributed by atoms with Gasteiger partial charge in [-0.05, 0) is 26.0 Å². The van der Waals surface area contributed by atoms with E-state index in [0.29, 0.717) is 18.0 Å². The average Bonchev–Trinajstić information content (AvgIpc) is 2.78. The minimum Gasteiger partial charge on any atom is -0.497 e. The molecule has 0 aliphatic carbocycles. The molecule has 1 aromatic carbocycles. The van der Waals surface area contributed by atoms with E-state index in [0.717, 1.165) is 20.3 Å². The molecular formula is C17H24N3O5+. The summed E-state index contributed by atoms with van der Waals surface area (Å²) in [7, 11) is 4.99. The first-order valence-electron chi connectivity index (χ1n) is 8.01. The lowest BCUT2D eigenvalue weighted by molar-refractivity contribution is -0.901. The monoisotopic (exact) mass is 350 g/mol. The zero-order valence-electron chi connectivity index (χ0n) is 15.2. The number of urea groups is 1. The predicted octanol–water partition coefficient (Wildman–Crippen LogP) is -0.125. The number of amides is 4. The predicted molar refractivity (Wildman–Crippen MR) is 89.2 cm³/mol. The van der Waals surface area contributed by atoms with E-state index in [4.69, 9.17) is 9.47 Å². The molecule has 1 saturated heterocycles. The van der Waals surface area contributed by atoms with E-state index in [-0.39, 0.29) is 12.7 Å². The lowest BCUT2D eigenvalue weighted by Gasteiger charge is -2.22. The van der Waals surface area contributed by atoms with Crippen LogP contribution in [0.5, 0.6) is 11.5 Å². The van der Waals surface area contributed by atoms with Crippen molar-refractivity contribution in [2.75, 3.05) is 27.9 Å². The highest BCUT2D eigenvalue weighted by Gasteiger charge is 2.46. The van der Waals surface area contributed by atoms with Crippen molar-refractivity contribution < 1.29 is 28.8 Å². The van der Waals surface area contributed by atoms with Gasteiger partial charge in [0.2, 0.25) is 0 Å². The molecule has 1 heterocycles. The zero-order valence-corrected chi connectivity index (χ0v) is 15.2. The SMILES string of the molecule is COc1ccc(C[NH+](C)CN2C(=O)C(=O)N(C(C)C)C2=O)c(OC)c1. The molecule has 1 fully saturated rings. The third kappa shape index (κ3) is 3.74. The second kappa shape index (κ2) is 7.52. The smallest absolute Gasteiger partial charge is 0.338 e. The van der Waals surface area contributed by atoms with Gasteiger partial charge in [0.05, 0.1) is 21.3 Å². The van der Waals surface area contributed by atoms with E-state index in [9.17, 15) is 14.4 Å². The fourth-order valence-electron chi connectivity index (χ4n) is 2.77. The number of quaternary nitrogens is 1. The molecule has 1 atom stereocenters. The largest absolute Gasteiger partial charge is 0.497 e. The van der Waals surface area contributed by atoms with E-state index in [2.05, 4.69) is 0 Å². The van der Waals surface area contributed by atoms with Crippen molar-refractivity contribution >= 4 is 17.8 Å². The van der Waals surface area contributed by atoms with Gasteiger partial charge in [0.25, 0.3) is 0 Å². The van der Waals surface area contributed by atoms with Gasteiger partial charge in [-0.15, -0.1) is 0 Å². The maximum Gasteiger partial charge on any atom is 0.338 e. The Kier molecular flexibility index (Phi) is 5.63. The number of nitrogens with zero attached hydrogens (tertiary/aromatic N) is 2. The summed E-state index contributed by atoms with van der Waals surface area (Å²) in [5.74, 6) is -0.200. The van der Waals surface area contributed by atoms with Crippen LogP contribution in [0.15, 0.2) is 18.2 Å². The van der Waals surface area contributed by atoms with Crippen molar-refractivity contribution in [3.63, 3.8) is 0 Å². The zero-order chi connectivity index (χ0) is 18.7. The Morgan fingerprint density at radius 2 is 1.76 bits per heavy atom. The average molecular weight is 350 g/mol. The Labute approximate surface area is 146 Å². The van der Waals surface area contributed by atoms with E-state index < -0.39 is 17.8 Å². The van der Waals surface area contributed by atoms with E-state index in [1.165, 1.54) is 0 Å². The van der Waals surface area contributed by atoms with Gasteiger partial charge in [-0.25, -0.2) is 9.69 Å². The molecule has 8 nitrogen and oxygen atoms in total. The van der Waals surface area contributed by atoms with Crippen molar-refractivity contribution in [2.24, 2.45) is 0 Å². The van der Waals surface area contributed by atoms with E-state index in [1.807, 2.05) is 19.2 Å². The van der Waals surface area contributed by atoms with Crippen LogP contribution in [-0.4, -0.2) is 61.6 Å². The highest BCUT2D eigenvalue weighted by atomic mass is 16.5. The summed E-state index contributed by atoms with van der Waals surface area (Å²) in [6.07, 6.45) is 0. The first-order chi connectivity index (χ1) is 11.8. The third-order valence-electron chi connectivity index (χ3n) is 4.01. The summed E-state index contributed by atoms with van der Waals surface area (Å²) in [5, 5.41) is 0. The molecule has 1 aromatic rings. The van der Waals surface area contributed by atoms with Crippen LogP contribution in [-0.2, 0) is 16.1 Å². The first-order valence-corrected chi connectivity index (χ1v) is 8.01. The normalized spacial score (nSPS) is 16.0. The molecule has 25 heavy (non-hydrogen) atoms. The third-order valence-corrected chi connectivity index (χ3v) is 4.01. The summed E-state index contributed by atoms with van der Waals surface area (Å²) < 4.78 is 10.5. The molecule has 8 heteroatoms. The molecule has 0 aromatic heterocycles. The summed E-state index contributed by atoms with van der Waals surface area (Å²) >= 11 is 0. The number of carbonyl (C=O) groups is 3. The van der Waals surface area contributed by atoms with Crippen molar-refractivity contribution in [2.45, 2.75) is 26.4 Å². The number of ether oxygens (including phenoxy) is 2. The minimum absolute atomic E-state index is 0.0990. The van der Waals surface area contributed by atoms with Gasteiger partial charge in [0, 0.05) is 17.7 Å². The Bertz CT molecular complexity index is 689. The van der Waals surface area contributed by atoms with Crippen LogP contribution in [0.2, 0.25) is 0 Å². The number of methoxy groups -OCH3 is 2. The minimum atomic E-state index is -0.778. The highest BCUT2D eigenvalue weighted by molar-refractivity contribution is 6.44.